The largest absolute Gasteiger partial charge is 0.362 e. The molecular weight excluding hydrogens is 278 g/mol. The first-order chi connectivity index (χ1) is 9.54. The lowest BCUT2D eigenvalue weighted by molar-refractivity contribution is 0.562. The maximum Gasteiger partial charge on any atom is 0.149 e. The summed E-state index contributed by atoms with van der Waals surface area (Å²) in [4.78, 5) is 2.71. The van der Waals surface area contributed by atoms with Crippen molar-refractivity contribution in [3.63, 3.8) is 0 Å². The van der Waals surface area contributed by atoms with Crippen molar-refractivity contribution < 1.29 is 8.78 Å². The van der Waals surface area contributed by atoms with Crippen LogP contribution in [0.3, 0.4) is 0 Å². The number of rotatable bonds is 5. The fourth-order valence-corrected chi connectivity index (χ4v) is 3.00. The summed E-state index contributed by atoms with van der Waals surface area (Å²) in [6, 6.07) is 6.59. The Balaban J connectivity index is 2.32. The van der Waals surface area contributed by atoms with Crippen LogP contribution < -0.4 is 10.2 Å². The van der Waals surface area contributed by atoms with Crippen molar-refractivity contribution >= 4 is 17.0 Å². The second kappa shape index (κ2) is 6.33. The first-order valence-electron chi connectivity index (χ1n) is 6.43. The molecule has 0 saturated heterocycles. The molecule has 20 heavy (non-hydrogen) atoms. The van der Waals surface area contributed by atoms with Gasteiger partial charge in [-0.05, 0) is 43.1 Å². The number of hydrogen-bond donors (Lipinski definition) is 1. The average Bonchev–Trinajstić information content (AvgIpc) is 2.91. The molecule has 0 saturated carbocycles. The van der Waals surface area contributed by atoms with E-state index in [0.29, 0.717) is 12.1 Å². The SMILES string of the molecule is CNCc1cc(F)c(N(C)C(C)c2cccs2)c(F)c1. The molecule has 0 aliphatic rings. The molecular formula is C15H18F2N2S. The average molecular weight is 296 g/mol. The number of anilines is 1. The van der Waals surface area contributed by atoms with Crippen molar-refractivity contribution in [2.45, 2.75) is 19.5 Å². The Morgan fingerprint density at radius 1 is 1.30 bits per heavy atom. The Hall–Kier alpha value is -1.46. The Morgan fingerprint density at radius 2 is 1.95 bits per heavy atom. The van der Waals surface area contributed by atoms with Crippen molar-refractivity contribution in [2.75, 3.05) is 19.0 Å². The van der Waals surface area contributed by atoms with Gasteiger partial charge in [0.25, 0.3) is 0 Å². The molecule has 2 rings (SSSR count). The van der Waals surface area contributed by atoms with Crippen LogP contribution in [0.5, 0.6) is 0 Å². The van der Waals surface area contributed by atoms with E-state index in [1.54, 1.807) is 30.3 Å². The highest BCUT2D eigenvalue weighted by molar-refractivity contribution is 7.10. The van der Waals surface area contributed by atoms with Gasteiger partial charge in [-0.25, -0.2) is 8.78 Å². The van der Waals surface area contributed by atoms with Gasteiger partial charge < -0.3 is 10.2 Å². The van der Waals surface area contributed by atoms with E-state index in [4.69, 9.17) is 0 Å². The van der Waals surface area contributed by atoms with E-state index in [1.165, 1.54) is 12.1 Å². The van der Waals surface area contributed by atoms with Crippen LogP contribution in [0.1, 0.15) is 23.4 Å². The van der Waals surface area contributed by atoms with Crippen molar-refractivity contribution in [2.24, 2.45) is 0 Å². The van der Waals surface area contributed by atoms with Crippen LogP contribution in [0.15, 0.2) is 29.6 Å². The van der Waals surface area contributed by atoms with Gasteiger partial charge in [0.1, 0.15) is 17.3 Å². The summed E-state index contributed by atoms with van der Waals surface area (Å²) in [6.07, 6.45) is 0. The van der Waals surface area contributed by atoms with Crippen LogP contribution in [0, 0.1) is 11.6 Å². The second-order valence-corrected chi connectivity index (χ2v) is 5.72. The maximum absolute atomic E-state index is 14.2. The molecule has 2 nitrogen and oxygen atoms in total. The van der Waals surface area contributed by atoms with Gasteiger partial charge in [0.15, 0.2) is 0 Å². The van der Waals surface area contributed by atoms with Gasteiger partial charge in [-0.1, -0.05) is 6.07 Å². The van der Waals surface area contributed by atoms with E-state index in [-0.39, 0.29) is 11.7 Å². The Labute approximate surface area is 122 Å². The molecule has 0 spiro atoms. The first kappa shape index (κ1) is 14.9. The second-order valence-electron chi connectivity index (χ2n) is 4.74. The number of thiophene rings is 1. The summed E-state index contributed by atoms with van der Waals surface area (Å²) >= 11 is 1.58. The van der Waals surface area contributed by atoms with Gasteiger partial charge in [0, 0.05) is 18.5 Å². The zero-order valence-corrected chi connectivity index (χ0v) is 12.6. The van der Waals surface area contributed by atoms with Crippen LogP contribution >= 0.6 is 11.3 Å². The van der Waals surface area contributed by atoms with Gasteiger partial charge in [0.2, 0.25) is 0 Å². The van der Waals surface area contributed by atoms with Gasteiger partial charge >= 0.3 is 0 Å². The van der Waals surface area contributed by atoms with Gasteiger partial charge in [-0.3, -0.25) is 0 Å². The van der Waals surface area contributed by atoms with Crippen molar-refractivity contribution in [1.82, 2.24) is 5.32 Å². The number of hydrogen-bond acceptors (Lipinski definition) is 3. The third kappa shape index (κ3) is 2.99. The summed E-state index contributed by atoms with van der Waals surface area (Å²) < 4.78 is 28.4. The highest BCUT2D eigenvalue weighted by Crippen LogP contribution is 2.32. The minimum absolute atomic E-state index is 0.0192. The molecule has 1 heterocycles. The minimum Gasteiger partial charge on any atom is -0.362 e. The molecule has 1 unspecified atom stereocenters. The predicted molar refractivity (Wildman–Crippen MR) is 80.3 cm³/mol. The maximum atomic E-state index is 14.2. The van der Waals surface area contributed by atoms with Gasteiger partial charge in [0.05, 0.1) is 6.04 Å². The lowest BCUT2D eigenvalue weighted by Crippen LogP contribution is -2.23. The molecule has 1 N–H and O–H groups in total. The standard InChI is InChI=1S/C15H18F2N2S/c1-10(14-5-4-6-20-14)19(3)15-12(16)7-11(9-18-2)8-13(15)17/h4-8,10,18H,9H2,1-3H3. The van der Waals surface area contributed by atoms with E-state index in [9.17, 15) is 8.78 Å². The summed E-state index contributed by atoms with van der Waals surface area (Å²) in [5.41, 5.74) is 0.620. The molecule has 0 amide bonds. The van der Waals surface area contributed by atoms with Crippen LogP contribution in [-0.4, -0.2) is 14.1 Å². The molecule has 0 radical (unpaired) electrons. The molecule has 1 atom stereocenters. The fourth-order valence-electron chi connectivity index (χ4n) is 2.17. The molecule has 1 aromatic carbocycles. The predicted octanol–water partition coefficient (Wildman–Crippen LogP) is 3.94. The van der Waals surface area contributed by atoms with Gasteiger partial charge in [-0.2, -0.15) is 0 Å². The lowest BCUT2D eigenvalue weighted by Gasteiger charge is -2.27. The number of benzene rings is 1. The molecule has 0 bridgehead atoms. The summed E-state index contributed by atoms with van der Waals surface area (Å²) in [5.74, 6) is -1.05. The highest BCUT2D eigenvalue weighted by atomic mass is 32.1. The zero-order valence-electron chi connectivity index (χ0n) is 11.8. The Bertz CT molecular complexity index is 546. The third-order valence-electron chi connectivity index (χ3n) is 3.35. The van der Waals surface area contributed by atoms with E-state index in [0.717, 1.165) is 4.88 Å². The summed E-state index contributed by atoms with van der Waals surface area (Å²) in [6.45, 7) is 2.38. The normalized spacial score (nSPS) is 12.4. The number of nitrogens with zero attached hydrogens (tertiary/aromatic N) is 1. The van der Waals surface area contributed by atoms with Crippen LogP contribution in [0.4, 0.5) is 14.5 Å². The van der Waals surface area contributed by atoms with Crippen molar-refractivity contribution in [1.29, 1.82) is 0 Å². The third-order valence-corrected chi connectivity index (χ3v) is 4.39. The van der Waals surface area contributed by atoms with E-state index >= 15 is 0 Å². The molecule has 1 aromatic heterocycles. The smallest absolute Gasteiger partial charge is 0.149 e. The monoisotopic (exact) mass is 296 g/mol. The minimum atomic E-state index is -0.527. The van der Waals surface area contributed by atoms with E-state index in [2.05, 4.69) is 5.32 Å². The Morgan fingerprint density at radius 3 is 2.45 bits per heavy atom. The summed E-state index contributed by atoms with van der Waals surface area (Å²) in [7, 11) is 3.46. The van der Waals surface area contributed by atoms with Crippen molar-refractivity contribution in [3.05, 3.63) is 51.7 Å². The van der Waals surface area contributed by atoms with Crippen LogP contribution in [0.25, 0.3) is 0 Å². The number of nitrogens with one attached hydrogen (secondary N) is 1. The Kier molecular flexibility index (Phi) is 4.73. The van der Waals surface area contributed by atoms with E-state index < -0.39 is 11.6 Å². The molecule has 2 aromatic rings. The van der Waals surface area contributed by atoms with Crippen LogP contribution in [-0.2, 0) is 6.54 Å². The van der Waals surface area contributed by atoms with Crippen LogP contribution in [0.2, 0.25) is 0 Å². The molecule has 0 aliphatic carbocycles. The number of halogens is 2. The van der Waals surface area contributed by atoms with Crippen molar-refractivity contribution in [3.8, 4) is 0 Å². The van der Waals surface area contributed by atoms with E-state index in [1.807, 2.05) is 24.4 Å². The lowest BCUT2D eigenvalue weighted by atomic mass is 10.1. The highest BCUT2D eigenvalue weighted by Gasteiger charge is 2.20. The quantitative estimate of drug-likeness (QED) is 0.899. The topological polar surface area (TPSA) is 15.3 Å². The molecule has 0 aliphatic heterocycles. The summed E-state index contributed by atoms with van der Waals surface area (Å²) in [5, 5.41) is 4.85. The molecule has 5 heteroatoms. The zero-order chi connectivity index (χ0) is 14.7. The van der Waals surface area contributed by atoms with Gasteiger partial charge in [-0.15, -0.1) is 11.3 Å². The molecule has 108 valence electrons. The first-order valence-corrected chi connectivity index (χ1v) is 7.31. The fraction of sp³-hybridized carbons (Fsp3) is 0.333. The molecule has 0 fully saturated rings.